The van der Waals surface area contributed by atoms with Crippen molar-refractivity contribution in [1.82, 2.24) is 20.5 Å². The van der Waals surface area contributed by atoms with Crippen LogP contribution in [0.1, 0.15) is 82.2 Å². The van der Waals surface area contributed by atoms with E-state index in [1.807, 2.05) is 70.5 Å². The molecule has 1 aliphatic rings. The van der Waals surface area contributed by atoms with Gasteiger partial charge in [0, 0.05) is 37.9 Å². The highest BCUT2D eigenvalue weighted by Crippen LogP contribution is 2.32. The number of β-amino-alcohol motifs (C(OH)–C–C–N with tert-alkyl or cyclic N) is 1. The van der Waals surface area contributed by atoms with Gasteiger partial charge in [-0.25, -0.2) is 4.98 Å². The van der Waals surface area contributed by atoms with E-state index in [4.69, 9.17) is 15.2 Å². The third-order valence-corrected chi connectivity index (χ3v) is 10.0. The van der Waals surface area contributed by atoms with E-state index in [9.17, 15) is 24.3 Å². The van der Waals surface area contributed by atoms with Crippen LogP contribution in [0.25, 0.3) is 10.4 Å². The van der Waals surface area contributed by atoms with Gasteiger partial charge in [0.1, 0.15) is 11.8 Å². The van der Waals surface area contributed by atoms with Crippen LogP contribution in [0.3, 0.4) is 0 Å². The predicted molar refractivity (Wildman–Crippen MR) is 200 cm³/mol. The van der Waals surface area contributed by atoms with E-state index in [0.29, 0.717) is 38.2 Å². The summed E-state index contributed by atoms with van der Waals surface area (Å²) in [5, 5.41) is 16.0. The molecule has 5 N–H and O–H groups in total. The fourth-order valence-corrected chi connectivity index (χ4v) is 6.99. The number of nitrogens with one attached hydrogen (secondary N) is 2. The van der Waals surface area contributed by atoms with E-state index < -0.39 is 18.1 Å². The Morgan fingerprint density at radius 2 is 1.88 bits per heavy atom. The van der Waals surface area contributed by atoms with Crippen LogP contribution in [-0.2, 0) is 43.5 Å². The summed E-state index contributed by atoms with van der Waals surface area (Å²) in [5.41, 5.74) is 11.7. The van der Waals surface area contributed by atoms with Crippen LogP contribution in [0.2, 0.25) is 0 Å². The molecule has 4 amide bonds. The number of aromatic nitrogens is 1. The molecule has 0 radical (unpaired) electrons. The van der Waals surface area contributed by atoms with Crippen LogP contribution < -0.4 is 21.1 Å². The number of thiazole rings is 1. The van der Waals surface area contributed by atoms with Crippen molar-refractivity contribution in [1.29, 1.82) is 0 Å². The fourth-order valence-electron chi connectivity index (χ4n) is 6.19. The van der Waals surface area contributed by atoms with E-state index in [0.717, 1.165) is 45.7 Å². The smallest absolute Gasteiger partial charge is 0.243 e. The summed E-state index contributed by atoms with van der Waals surface area (Å²) in [6.45, 7) is 10.9. The van der Waals surface area contributed by atoms with E-state index in [2.05, 4.69) is 27.8 Å². The number of benzene rings is 2. The molecule has 0 bridgehead atoms. The first-order valence-electron chi connectivity index (χ1n) is 17.8. The molecule has 1 saturated heterocycles. The molecule has 12 nitrogen and oxygen atoms in total. The number of aliphatic hydroxyl groups is 1. The first-order valence-corrected chi connectivity index (χ1v) is 18.7. The van der Waals surface area contributed by atoms with Crippen LogP contribution in [0, 0.1) is 12.3 Å². The molecule has 2 heterocycles. The number of rotatable bonds is 19. The van der Waals surface area contributed by atoms with Gasteiger partial charge in [0.25, 0.3) is 0 Å². The molecule has 0 aliphatic carbocycles. The average Bonchev–Trinajstić information content (AvgIpc) is 3.71. The lowest BCUT2D eigenvalue weighted by Gasteiger charge is -2.27. The molecule has 13 heteroatoms. The number of hydrogen-bond acceptors (Lipinski definition) is 9. The number of amides is 4. The summed E-state index contributed by atoms with van der Waals surface area (Å²) in [6.07, 6.45) is 2.19. The average molecular weight is 736 g/mol. The first kappa shape index (κ1) is 40.4. The zero-order valence-corrected chi connectivity index (χ0v) is 31.7. The van der Waals surface area contributed by atoms with Crippen molar-refractivity contribution in [2.24, 2.45) is 11.1 Å². The minimum Gasteiger partial charge on any atom is -0.493 e. The zero-order valence-electron chi connectivity index (χ0n) is 30.9. The van der Waals surface area contributed by atoms with Gasteiger partial charge < -0.3 is 35.8 Å². The van der Waals surface area contributed by atoms with Gasteiger partial charge in [-0.3, -0.25) is 19.2 Å². The molecule has 282 valence electrons. The van der Waals surface area contributed by atoms with Gasteiger partial charge in [-0.05, 0) is 61.3 Å². The first-order chi connectivity index (χ1) is 24.7. The fraction of sp³-hybridized carbons (Fsp3) is 0.513. The molecule has 0 spiro atoms. The van der Waals surface area contributed by atoms with Crippen LogP contribution in [0.4, 0.5) is 0 Å². The largest absolute Gasteiger partial charge is 0.493 e. The number of aliphatic hydroxyl groups excluding tert-OH is 1. The highest BCUT2D eigenvalue weighted by molar-refractivity contribution is 7.13. The molecule has 0 saturated carbocycles. The van der Waals surface area contributed by atoms with Crippen LogP contribution >= 0.6 is 11.3 Å². The van der Waals surface area contributed by atoms with Gasteiger partial charge in [-0.2, -0.15) is 0 Å². The SMILES string of the molecule is Cc1ncsc1-c1ccc(CNC(=O)[C@@H]2C[C@@H](O)CN2C(=O)CC(C)(C)C)c(OCCCc2ccc(CO[C@H](C)[C@H](CCC(N)=O)NC=O)cc2)c1. The summed E-state index contributed by atoms with van der Waals surface area (Å²) in [4.78, 5) is 55.5. The maximum absolute atomic E-state index is 13.4. The molecule has 2 aromatic carbocycles. The quantitative estimate of drug-likeness (QED) is 0.103. The van der Waals surface area contributed by atoms with Crippen molar-refractivity contribution in [2.75, 3.05) is 13.2 Å². The van der Waals surface area contributed by atoms with Gasteiger partial charge in [0.05, 0.1) is 47.5 Å². The van der Waals surface area contributed by atoms with Crippen molar-refractivity contribution in [3.63, 3.8) is 0 Å². The summed E-state index contributed by atoms with van der Waals surface area (Å²) in [5.74, 6) is -0.187. The molecule has 0 unspecified atom stereocenters. The second kappa shape index (κ2) is 19.0. The molecule has 4 rings (SSSR count). The zero-order chi connectivity index (χ0) is 37.8. The highest BCUT2D eigenvalue weighted by Gasteiger charge is 2.39. The Hall–Kier alpha value is -4.33. The van der Waals surface area contributed by atoms with E-state index in [1.54, 1.807) is 11.3 Å². The van der Waals surface area contributed by atoms with Crippen molar-refractivity contribution < 1.29 is 33.8 Å². The van der Waals surface area contributed by atoms with Gasteiger partial charge in [-0.15, -0.1) is 11.3 Å². The minimum atomic E-state index is -0.737. The third kappa shape index (κ3) is 12.1. The lowest BCUT2D eigenvalue weighted by Crippen LogP contribution is -2.46. The Labute approximate surface area is 310 Å². The van der Waals surface area contributed by atoms with E-state index >= 15 is 0 Å². The molecule has 3 aromatic rings. The Kier molecular flexibility index (Phi) is 14.7. The van der Waals surface area contributed by atoms with Crippen molar-refractivity contribution in [3.05, 3.63) is 70.4 Å². The third-order valence-electron chi connectivity index (χ3n) is 9.07. The Morgan fingerprint density at radius 3 is 2.54 bits per heavy atom. The number of carbonyl (C=O) groups excluding carboxylic acids is 4. The predicted octanol–water partition coefficient (Wildman–Crippen LogP) is 4.43. The summed E-state index contributed by atoms with van der Waals surface area (Å²) >= 11 is 1.56. The number of likely N-dealkylation sites (tertiary alicyclic amines) is 1. The maximum atomic E-state index is 13.4. The van der Waals surface area contributed by atoms with Crippen LogP contribution in [0.5, 0.6) is 5.75 Å². The Bertz CT molecular complexity index is 1660. The summed E-state index contributed by atoms with van der Waals surface area (Å²) < 4.78 is 12.3. The number of nitrogens with two attached hydrogens (primary N) is 1. The molecule has 4 atom stereocenters. The minimum absolute atomic E-state index is 0.134. The van der Waals surface area contributed by atoms with Crippen molar-refractivity contribution >= 4 is 35.5 Å². The number of hydrogen-bond donors (Lipinski definition) is 4. The standard InChI is InChI=1S/C39H53N5O7S/c1-25-37(52-24-43-25)29-12-13-30(20-41-38(49)33-18-31(46)21-44(33)36(48)19-39(3,4)5)34(17-29)50-16-6-7-27-8-10-28(11-9-27)22-51-26(2)32(42-23-45)14-15-35(40)47/h8-13,17,23-24,26,31-33,46H,6-7,14-16,18-22H2,1-5H3,(H2,40,47)(H,41,49)(H,42,45)/t26-,31-,32+,33+/m1/s1. The highest BCUT2D eigenvalue weighted by atomic mass is 32.1. The van der Waals surface area contributed by atoms with Crippen molar-refractivity contribution in [3.8, 4) is 16.2 Å². The molecule has 1 aliphatic heterocycles. The normalized spacial score (nSPS) is 17.0. The Morgan fingerprint density at radius 1 is 1.15 bits per heavy atom. The number of nitrogens with zero attached hydrogens (tertiary/aromatic N) is 2. The van der Waals surface area contributed by atoms with Gasteiger partial charge >= 0.3 is 0 Å². The lowest BCUT2D eigenvalue weighted by molar-refractivity contribution is -0.140. The molecular formula is C39H53N5O7S. The second-order valence-electron chi connectivity index (χ2n) is 14.7. The van der Waals surface area contributed by atoms with Gasteiger partial charge in [0.15, 0.2) is 0 Å². The number of ether oxygens (including phenoxy) is 2. The molecule has 1 aromatic heterocycles. The number of aryl methyl sites for hydroxylation is 2. The summed E-state index contributed by atoms with van der Waals surface area (Å²) in [6, 6.07) is 13.0. The van der Waals surface area contributed by atoms with Gasteiger partial charge in [0.2, 0.25) is 24.1 Å². The number of carbonyl (C=O) groups is 4. The van der Waals surface area contributed by atoms with Crippen LogP contribution in [-0.4, -0.2) is 76.6 Å². The van der Waals surface area contributed by atoms with Crippen LogP contribution in [0.15, 0.2) is 48.0 Å². The van der Waals surface area contributed by atoms with Crippen molar-refractivity contribution in [2.45, 2.75) is 111 Å². The van der Waals surface area contributed by atoms with E-state index in [-0.39, 0.29) is 55.3 Å². The monoisotopic (exact) mass is 735 g/mol. The lowest BCUT2D eigenvalue weighted by atomic mass is 9.91. The van der Waals surface area contributed by atoms with E-state index in [1.165, 1.54) is 4.90 Å². The Balaban J connectivity index is 1.34. The maximum Gasteiger partial charge on any atom is 0.243 e. The molecule has 52 heavy (non-hydrogen) atoms. The molecular weight excluding hydrogens is 683 g/mol. The second-order valence-corrected chi connectivity index (χ2v) is 15.5. The van der Waals surface area contributed by atoms with Gasteiger partial charge in [-0.1, -0.05) is 57.2 Å². The summed E-state index contributed by atoms with van der Waals surface area (Å²) in [7, 11) is 0. The molecule has 1 fully saturated rings. The number of primary amides is 1. The topological polar surface area (TPSA) is 173 Å².